The molecule has 52 valence electrons. The molecule has 2 aliphatic rings. The van der Waals surface area contributed by atoms with Crippen molar-refractivity contribution in [1.29, 1.82) is 0 Å². The van der Waals surface area contributed by atoms with Crippen LogP contribution in [0.2, 0.25) is 0 Å². The summed E-state index contributed by atoms with van der Waals surface area (Å²) in [6.45, 7) is 2.16. The first kappa shape index (κ1) is 5.71. The molecule has 0 amide bonds. The van der Waals surface area contributed by atoms with Gasteiger partial charge in [-0.05, 0) is 18.6 Å². The Morgan fingerprint density at radius 2 is 2.40 bits per heavy atom. The topological polar surface area (TPSA) is 15.6 Å². The van der Waals surface area contributed by atoms with Crippen molar-refractivity contribution in [3.05, 3.63) is 24.4 Å². The van der Waals surface area contributed by atoms with E-state index < -0.39 is 0 Å². The average Bonchev–Trinajstić information content (AvgIpc) is 2.05. The van der Waals surface area contributed by atoms with Gasteiger partial charge in [0.2, 0.25) is 0 Å². The lowest BCUT2D eigenvalue weighted by molar-refractivity contribution is 0.459. The Hall–Kier alpha value is -1.05. The molecular formula is C8H10N2. The Kier molecular flexibility index (Phi) is 1.31. The molecule has 0 aliphatic carbocycles. The van der Waals surface area contributed by atoms with Gasteiger partial charge in [-0.3, -0.25) is 0 Å². The van der Waals surface area contributed by atoms with Crippen molar-refractivity contribution in [2.24, 2.45) is 4.99 Å². The van der Waals surface area contributed by atoms with Crippen LogP contribution < -0.4 is 0 Å². The van der Waals surface area contributed by atoms with Crippen molar-refractivity contribution in [3.8, 4) is 0 Å². The summed E-state index contributed by atoms with van der Waals surface area (Å²) in [7, 11) is 0. The monoisotopic (exact) mass is 134 g/mol. The normalized spacial score (nSPS) is 22.4. The Balaban J connectivity index is 2.27. The molecule has 0 fully saturated rings. The summed E-state index contributed by atoms with van der Waals surface area (Å²) in [6, 6.07) is 0. The molecule has 2 nitrogen and oxygen atoms in total. The van der Waals surface area contributed by atoms with Crippen LogP contribution in [-0.2, 0) is 0 Å². The third-order valence-corrected chi connectivity index (χ3v) is 1.79. The number of hydrogen-bond donors (Lipinski definition) is 0. The molecule has 2 aliphatic heterocycles. The van der Waals surface area contributed by atoms with E-state index in [1.54, 1.807) is 0 Å². The lowest BCUT2D eigenvalue weighted by Gasteiger charge is -2.26. The molecule has 2 heteroatoms. The fraction of sp³-hybridized carbons (Fsp3) is 0.375. The molecule has 0 radical (unpaired) electrons. The van der Waals surface area contributed by atoms with Crippen LogP contribution in [-0.4, -0.2) is 23.8 Å². The first-order chi connectivity index (χ1) is 4.97. The molecule has 0 N–H and O–H groups in total. The van der Waals surface area contributed by atoms with E-state index in [0.29, 0.717) is 0 Å². The van der Waals surface area contributed by atoms with E-state index in [4.69, 9.17) is 0 Å². The Morgan fingerprint density at radius 1 is 1.40 bits per heavy atom. The molecule has 2 heterocycles. The van der Waals surface area contributed by atoms with Gasteiger partial charge in [0, 0.05) is 19.3 Å². The van der Waals surface area contributed by atoms with Crippen LogP contribution >= 0.6 is 0 Å². The minimum Gasteiger partial charge on any atom is -0.353 e. The van der Waals surface area contributed by atoms with Gasteiger partial charge in [0.05, 0.1) is 0 Å². The van der Waals surface area contributed by atoms with Crippen molar-refractivity contribution < 1.29 is 0 Å². The lowest BCUT2D eigenvalue weighted by Crippen LogP contribution is -2.34. The maximum absolute atomic E-state index is 4.23. The largest absolute Gasteiger partial charge is 0.353 e. The minimum absolute atomic E-state index is 1.03. The zero-order valence-corrected chi connectivity index (χ0v) is 5.83. The molecule has 10 heavy (non-hydrogen) atoms. The number of aliphatic imine (C=N–C) groups is 1. The predicted octanol–water partition coefficient (Wildman–Crippen LogP) is 1.17. The molecule has 0 aromatic heterocycles. The van der Waals surface area contributed by atoms with Gasteiger partial charge >= 0.3 is 0 Å². The molecule has 0 atom stereocenters. The van der Waals surface area contributed by atoms with Gasteiger partial charge < -0.3 is 4.90 Å². The highest BCUT2D eigenvalue weighted by molar-refractivity contribution is 5.94. The molecule has 0 aromatic rings. The number of fused-ring (bicyclic) bond motifs is 1. The van der Waals surface area contributed by atoms with E-state index in [2.05, 4.69) is 28.1 Å². The molecule has 0 saturated carbocycles. The van der Waals surface area contributed by atoms with Crippen LogP contribution in [0.15, 0.2) is 29.4 Å². The van der Waals surface area contributed by atoms with Crippen molar-refractivity contribution in [2.75, 3.05) is 13.1 Å². The fourth-order valence-electron chi connectivity index (χ4n) is 1.25. The van der Waals surface area contributed by atoms with E-state index in [1.807, 2.05) is 6.20 Å². The van der Waals surface area contributed by atoms with Crippen LogP contribution in [0.4, 0.5) is 0 Å². The quantitative estimate of drug-likeness (QED) is 0.485. The summed E-state index contributed by atoms with van der Waals surface area (Å²) in [5.74, 6) is 1.12. The smallest absolute Gasteiger partial charge is 0.128 e. The summed E-state index contributed by atoms with van der Waals surface area (Å²) in [4.78, 5) is 6.50. The number of nitrogens with zero attached hydrogens (tertiary/aromatic N) is 2. The van der Waals surface area contributed by atoms with E-state index in [1.165, 1.54) is 0 Å². The molecule has 0 bridgehead atoms. The summed E-state index contributed by atoms with van der Waals surface area (Å²) in [5.41, 5.74) is 0. The zero-order valence-electron chi connectivity index (χ0n) is 5.83. The SMILES string of the molecule is C1=CC2=NC=CCN2CC1. The van der Waals surface area contributed by atoms with Crippen molar-refractivity contribution in [1.82, 2.24) is 4.90 Å². The first-order valence-electron chi connectivity index (χ1n) is 3.61. The van der Waals surface area contributed by atoms with Crippen LogP contribution in [0.1, 0.15) is 6.42 Å². The van der Waals surface area contributed by atoms with Gasteiger partial charge in [-0.2, -0.15) is 0 Å². The van der Waals surface area contributed by atoms with E-state index in [0.717, 1.165) is 25.3 Å². The van der Waals surface area contributed by atoms with Crippen molar-refractivity contribution >= 4 is 5.84 Å². The highest BCUT2D eigenvalue weighted by Crippen LogP contribution is 2.07. The minimum atomic E-state index is 1.03. The summed E-state index contributed by atoms with van der Waals surface area (Å²) < 4.78 is 0. The van der Waals surface area contributed by atoms with Gasteiger partial charge in [-0.25, -0.2) is 4.99 Å². The third-order valence-electron chi connectivity index (χ3n) is 1.79. The predicted molar refractivity (Wildman–Crippen MR) is 41.9 cm³/mol. The molecule has 0 unspecified atom stereocenters. The maximum Gasteiger partial charge on any atom is 0.128 e. The molecule has 2 rings (SSSR count). The van der Waals surface area contributed by atoms with E-state index in [9.17, 15) is 0 Å². The lowest BCUT2D eigenvalue weighted by atomic mass is 10.2. The molecule has 0 saturated heterocycles. The summed E-state index contributed by atoms with van der Waals surface area (Å²) in [5, 5.41) is 0. The first-order valence-corrected chi connectivity index (χ1v) is 3.61. The van der Waals surface area contributed by atoms with Gasteiger partial charge in [0.25, 0.3) is 0 Å². The van der Waals surface area contributed by atoms with Gasteiger partial charge in [-0.15, -0.1) is 0 Å². The summed E-state index contributed by atoms with van der Waals surface area (Å²) in [6.07, 6.45) is 9.39. The Bertz CT molecular complexity index is 213. The Labute approximate surface area is 60.6 Å². The van der Waals surface area contributed by atoms with E-state index in [-0.39, 0.29) is 0 Å². The molecular weight excluding hydrogens is 124 g/mol. The number of rotatable bonds is 0. The highest BCUT2D eigenvalue weighted by Gasteiger charge is 2.11. The summed E-state index contributed by atoms with van der Waals surface area (Å²) >= 11 is 0. The van der Waals surface area contributed by atoms with Crippen LogP contribution in [0.5, 0.6) is 0 Å². The van der Waals surface area contributed by atoms with Gasteiger partial charge in [0.1, 0.15) is 5.84 Å². The second-order valence-corrected chi connectivity index (χ2v) is 2.51. The Morgan fingerprint density at radius 3 is 3.30 bits per heavy atom. The van der Waals surface area contributed by atoms with Gasteiger partial charge in [0.15, 0.2) is 0 Å². The maximum atomic E-state index is 4.23. The van der Waals surface area contributed by atoms with Crippen molar-refractivity contribution in [2.45, 2.75) is 6.42 Å². The van der Waals surface area contributed by atoms with Crippen LogP contribution in [0.25, 0.3) is 0 Å². The highest BCUT2D eigenvalue weighted by atomic mass is 15.2. The molecule has 0 aromatic carbocycles. The van der Waals surface area contributed by atoms with Crippen molar-refractivity contribution in [3.63, 3.8) is 0 Å². The van der Waals surface area contributed by atoms with Crippen LogP contribution in [0, 0.1) is 0 Å². The number of hydrogen-bond acceptors (Lipinski definition) is 2. The number of amidine groups is 1. The standard InChI is InChI=1S/C8H10N2/c1-2-6-10-7-3-5-9-8(10)4-1/h1,3-5H,2,6-7H2. The third kappa shape index (κ3) is 0.856. The second kappa shape index (κ2) is 2.29. The van der Waals surface area contributed by atoms with Gasteiger partial charge in [-0.1, -0.05) is 6.08 Å². The second-order valence-electron chi connectivity index (χ2n) is 2.51. The van der Waals surface area contributed by atoms with E-state index >= 15 is 0 Å². The average molecular weight is 134 g/mol. The fourth-order valence-corrected chi connectivity index (χ4v) is 1.25. The zero-order chi connectivity index (χ0) is 6.81. The molecule has 0 spiro atoms. The van der Waals surface area contributed by atoms with Crippen LogP contribution in [0.3, 0.4) is 0 Å².